The van der Waals surface area contributed by atoms with Gasteiger partial charge in [-0.2, -0.15) is 0 Å². The fourth-order valence-electron chi connectivity index (χ4n) is 1.98. The Bertz CT molecular complexity index is 355. The van der Waals surface area contributed by atoms with E-state index in [2.05, 4.69) is 12.2 Å². The number of anilines is 2. The molecule has 1 aliphatic rings. The van der Waals surface area contributed by atoms with E-state index in [1.807, 2.05) is 18.2 Å². The largest absolute Gasteiger partial charge is 0.397 e. The first-order valence-corrected chi connectivity index (χ1v) is 5.90. The van der Waals surface area contributed by atoms with Crippen molar-refractivity contribution in [1.82, 2.24) is 0 Å². The van der Waals surface area contributed by atoms with Gasteiger partial charge in [0, 0.05) is 13.2 Å². The molecule has 4 heteroatoms. The summed E-state index contributed by atoms with van der Waals surface area (Å²) in [6.07, 6.45) is 2.19. The molecule has 88 valence electrons. The second-order valence-corrected chi connectivity index (χ2v) is 4.87. The summed E-state index contributed by atoms with van der Waals surface area (Å²) in [6, 6.07) is 5.51. The molecule has 2 rings (SSSR count). The number of halogens is 1. The van der Waals surface area contributed by atoms with Crippen molar-refractivity contribution in [2.75, 3.05) is 24.2 Å². The zero-order valence-electron chi connectivity index (χ0n) is 9.42. The second kappa shape index (κ2) is 4.52. The SMILES string of the molecule is CC1(CNc2c(N)cccc2Cl)CCCO1. The second-order valence-electron chi connectivity index (χ2n) is 4.46. The molecular weight excluding hydrogens is 224 g/mol. The van der Waals surface area contributed by atoms with Crippen LogP contribution in [0.2, 0.25) is 5.02 Å². The average molecular weight is 241 g/mol. The number of benzene rings is 1. The predicted octanol–water partition coefficient (Wildman–Crippen LogP) is 2.90. The lowest BCUT2D eigenvalue weighted by molar-refractivity contribution is 0.0315. The smallest absolute Gasteiger partial charge is 0.0826 e. The van der Waals surface area contributed by atoms with Crippen molar-refractivity contribution >= 4 is 23.0 Å². The third-order valence-electron chi connectivity index (χ3n) is 2.99. The number of nitrogens with two attached hydrogens (primary N) is 1. The molecule has 3 nitrogen and oxygen atoms in total. The van der Waals surface area contributed by atoms with Crippen LogP contribution in [-0.2, 0) is 4.74 Å². The van der Waals surface area contributed by atoms with Crippen LogP contribution in [0.25, 0.3) is 0 Å². The topological polar surface area (TPSA) is 47.3 Å². The quantitative estimate of drug-likeness (QED) is 0.799. The van der Waals surface area contributed by atoms with Crippen molar-refractivity contribution in [3.63, 3.8) is 0 Å². The summed E-state index contributed by atoms with van der Waals surface area (Å²) >= 11 is 6.08. The lowest BCUT2D eigenvalue weighted by Gasteiger charge is -2.24. The molecule has 1 heterocycles. The molecule has 1 saturated heterocycles. The molecule has 0 aromatic heterocycles. The minimum Gasteiger partial charge on any atom is -0.397 e. The lowest BCUT2D eigenvalue weighted by atomic mass is 10.0. The van der Waals surface area contributed by atoms with E-state index in [4.69, 9.17) is 22.1 Å². The van der Waals surface area contributed by atoms with Crippen LogP contribution in [0.5, 0.6) is 0 Å². The number of nitrogens with one attached hydrogen (secondary N) is 1. The molecule has 1 aliphatic heterocycles. The number of hydrogen-bond donors (Lipinski definition) is 2. The lowest BCUT2D eigenvalue weighted by Crippen LogP contribution is -2.32. The van der Waals surface area contributed by atoms with Gasteiger partial charge in [-0.1, -0.05) is 17.7 Å². The Hall–Kier alpha value is -0.930. The third kappa shape index (κ3) is 2.42. The van der Waals surface area contributed by atoms with Gasteiger partial charge >= 0.3 is 0 Å². The highest BCUT2D eigenvalue weighted by molar-refractivity contribution is 6.33. The molecule has 1 aromatic rings. The molecule has 1 unspecified atom stereocenters. The Morgan fingerprint density at radius 2 is 2.38 bits per heavy atom. The molecule has 0 aliphatic carbocycles. The fourth-order valence-corrected chi connectivity index (χ4v) is 2.23. The van der Waals surface area contributed by atoms with E-state index < -0.39 is 0 Å². The van der Waals surface area contributed by atoms with Gasteiger partial charge in [0.15, 0.2) is 0 Å². The minimum absolute atomic E-state index is 0.0917. The number of para-hydroxylation sites is 1. The third-order valence-corrected chi connectivity index (χ3v) is 3.30. The van der Waals surface area contributed by atoms with Crippen molar-refractivity contribution in [3.05, 3.63) is 23.2 Å². The Morgan fingerprint density at radius 3 is 3.00 bits per heavy atom. The molecule has 1 fully saturated rings. The average Bonchev–Trinajstić information content (AvgIpc) is 2.65. The van der Waals surface area contributed by atoms with Crippen LogP contribution < -0.4 is 11.1 Å². The molecular formula is C12H17ClN2O. The molecule has 1 atom stereocenters. The van der Waals surface area contributed by atoms with E-state index in [0.717, 1.165) is 31.7 Å². The Morgan fingerprint density at radius 1 is 1.56 bits per heavy atom. The molecule has 3 N–H and O–H groups in total. The Balaban J connectivity index is 2.04. The highest BCUT2D eigenvalue weighted by atomic mass is 35.5. The summed E-state index contributed by atoms with van der Waals surface area (Å²) in [5, 5.41) is 3.94. The summed E-state index contributed by atoms with van der Waals surface area (Å²) in [5.74, 6) is 0. The molecule has 0 saturated carbocycles. The van der Waals surface area contributed by atoms with E-state index in [0.29, 0.717) is 10.7 Å². The van der Waals surface area contributed by atoms with E-state index in [9.17, 15) is 0 Å². The number of ether oxygens (including phenoxy) is 1. The normalized spacial score (nSPS) is 24.6. The number of nitrogen functional groups attached to an aromatic ring is 1. The van der Waals surface area contributed by atoms with Crippen molar-refractivity contribution in [2.24, 2.45) is 0 Å². The van der Waals surface area contributed by atoms with Crippen LogP contribution in [0.4, 0.5) is 11.4 Å². The molecule has 0 bridgehead atoms. The molecule has 0 spiro atoms. The van der Waals surface area contributed by atoms with E-state index in [1.54, 1.807) is 0 Å². The van der Waals surface area contributed by atoms with Gasteiger partial charge in [-0.3, -0.25) is 0 Å². The van der Waals surface area contributed by atoms with E-state index >= 15 is 0 Å². The van der Waals surface area contributed by atoms with Gasteiger partial charge in [-0.25, -0.2) is 0 Å². The summed E-state index contributed by atoms with van der Waals surface area (Å²) < 4.78 is 5.70. The van der Waals surface area contributed by atoms with Crippen molar-refractivity contribution < 1.29 is 4.74 Å². The Labute approximate surface area is 101 Å². The highest BCUT2D eigenvalue weighted by Gasteiger charge is 2.29. The van der Waals surface area contributed by atoms with Gasteiger partial charge in [0.25, 0.3) is 0 Å². The predicted molar refractivity (Wildman–Crippen MR) is 67.9 cm³/mol. The molecule has 0 amide bonds. The van der Waals surface area contributed by atoms with Crippen LogP contribution in [-0.4, -0.2) is 18.8 Å². The molecule has 16 heavy (non-hydrogen) atoms. The summed E-state index contributed by atoms with van der Waals surface area (Å²) in [5.41, 5.74) is 7.25. The van der Waals surface area contributed by atoms with Crippen LogP contribution in [0.1, 0.15) is 19.8 Å². The minimum atomic E-state index is -0.0917. The van der Waals surface area contributed by atoms with Gasteiger partial charge in [0.05, 0.1) is 22.0 Å². The first-order chi connectivity index (χ1) is 7.61. The fraction of sp³-hybridized carbons (Fsp3) is 0.500. The molecule has 1 aromatic carbocycles. The van der Waals surface area contributed by atoms with Crippen molar-refractivity contribution in [2.45, 2.75) is 25.4 Å². The number of hydrogen-bond acceptors (Lipinski definition) is 3. The maximum atomic E-state index is 6.08. The first kappa shape index (κ1) is 11.6. The summed E-state index contributed by atoms with van der Waals surface area (Å²) in [6.45, 7) is 3.69. The zero-order chi connectivity index (χ0) is 11.6. The van der Waals surface area contributed by atoms with Crippen LogP contribution >= 0.6 is 11.6 Å². The van der Waals surface area contributed by atoms with E-state index in [1.165, 1.54) is 0 Å². The number of rotatable bonds is 3. The molecule has 0 radical (unpaired) electrons. The maximum Gasteiger partial charge on any atom is 0.0826 e. The van der Waals surface area contributed by atoms with Gasteiger partial charge in [-0.15, -0.1) is 0 Å². The van der Waals surface area contributed by atoms with Crippen LogP contribution in [0.15, 0.2) is 18.2 Å². The summed E-state index contributed by atoms with van der Waals surface area (Å²) in [4.78, 5) is 0. The van der Waals surface area contributed by atoms with Crippen LogP contribution in [0, 0.1) is 0 Å². The standard InChI is InChI=1S/C12H17ClN2O/c1-12(6-3-7-16-12)8-15-11-9(13)4-2-5-10(11)14/h2,4-5,15H,3,6-8,14H2,1H3. The van der Waals surface area contributed by atoms with Gasteiger partial charge in [-0.05, 0) is 31.9 Å². The van der Waals surface area contributed by atoms with Crippen molar-refractivity contribution in [3.8, 4) is 0 Å². The van der Waals surface area contributed by atoms with Crippen molar-refractivity contribution in [1.29, 1.82) is 0 Å². The summed E-state index contributed by atoms with van der Waals surface area (Å²) in [7, 11) is 0. The van der Waals surface area contributed by atoms with Gasteiger partial charge in [0.1, 0.15) is 0 Å². The Kier molecular flexibility index (Phi) is 3.26. The zero-order valence-corrected chi connectivity index (χ0v) is 10.2. The van der Waals surface area contributed by atoms with Crippen LogP contribution in [0.3, 0.4) is 0 Å². The highest BCUT2D eigenvalue weighted by Crippen LogP contribution is 2.30. The van der Waals surface area contributed by atoms with Gasteiger partial charge < -0.3 is 15.8 Å². The van der Waals surface area contributed by atoms with E-state index in [-0.39, 0.29) is 5.60 Å². The maximum absolute atomic E-state index is 6.08. The van der Waals surface area contributed by atoms with Gasteiger partial charge in [0.2, 0.25) is 0 Å². The monoisotopic (exact) mass is 240 g/mol. The first-order valence-electron chi connectivity index (χ1n) is 5.53.